The number of carbonyl (C=O) groups is 1. The summed E-state index contributed by atoms with van der Waals surface area (Å²) in [5.74, 6) is 0.628. The first-order valence-electron chi connectivity index (χ1n) is 7.92. The maximum absolute atomic E-state index is 12.1. The Morgan fingerprint density at radius 1 is 0.960 bits per heavy atom. The van der Waals surface area contributed by atoms with Crippen molar-refractivity contribution in [3.8, 4) is 0 Å². The SMILES string of the molecule is Cc1ccc(CC(=O)Nc2ccc(Nc3ccc(Cl)cc3)nc2)cc1. The van der Waals surface area contributed by atoms with Crippen LogP contribution in [0, 0.1) is 6.92 Å². The molecule has 0 saturated heterocycles. The number of rotatable bonds is 5. The van der Waals surface area contributed by atoms with Gasteiger partial charge in [0, 0.05) is 10.7 Å². The van der Waals surface area contributed by atoms with Crippen LogP contribution in [0.2, 0.25) is 5.02 Å². The smallest absolute Gasteiger partial charge is 0.228 e. The van der Waals surface area contributed by atoms with E-state index in [-0.39, 0.29) is 5.91 Å². The molecule has 1 heterocycles. The molecule has 0 saturated carbocycles. The minimum Gasteiger partial charge on any atom is -0.340 e. The lowest BCUT2D eigenvalue weighted by Gasteiger charge is -2.08. The van der Waals surface area contributed by atoms with Crippen LogP contribution < -0.4 is 10.6 Å². The zero-order valence-corrected chi connectivity index (χ0v) is 14.5. The Bertz CT molecular complexity index is 844. The minimum atomic E-state index is -0.0657. The van der Waals surface area contributed by atoms with Crippen molar-refractivity contribution in [2.24, 2.45) is 0 Å². The first-order chi connectivity index (χ1) is 12.1. The molecule has 1 aromatic heterocycles. The Labute approximate surface area is 151 Å². The Hall–Kier alpha value is -2.85. The topological polar surface area (TPSA) is 54.0 Å². The van der Waals surface area contributed by atoms with E-state index in [9.17, 15) is 4.79 Å². The van der Waals surface area contributed by atoms with E-state index in [1.807, 2.05) is 67.6 Å². The fourth-order valence-corrected chi connectivity index (χ4v) is 2.45. The number of carbonyl (C=O) groups excluding carboxylic acids is 1. The largest absolute Gasteiger partial charge is 0.340 e. The van der Waals surface area contributed by atoms with Gasteiger partial charge in [0.05, 0.1) is 18.3 Å². The quantitative estimate of drug-likeness (QED) is 0.682. The van der Waals surface area contributed by atoms with Crippen molar-refractivity contribution in [1.82, 2.24) is 4.98 Å². The molecule has 0 radical (unpaired) electrons. The zero-order chi connectivity index (χ0) is 17.6. The number of anilines is 3. The number of amides is 1. The van der Waals surface area contributed by atoms with Gasteiger partial charge in [-0.3, -0.25) is 4.79 Å². The van der Waals surface area contributed by atoms with Gasteiger partial charge in [-0.05, 0) is 48.9 Å². The number of aromatic nitrogens is 1. The molecule has 1 amide bonds. The summed E-state index contributed by atoms with van der Waals surface area (Å²) in [5, 5.41) is 6.72. The molecule has 0 aliphatic carbocycles. The van der Waals surface area contributed by atoms with Crippen molar-refractivity contribution in [2.75, 3.05) is 10.6 Å². The van der Waals surface area contributed by atoms with Crippen molar-refractivity contribution >= 4 is 34.7 Å². The van der Waals surface area contributed by atoms with Crippen LogP contribution >= 0.6 is 11.6 Å². The highest BCUT2D eigenvalue weighted by Gasteiger charge is 2.05. The first-order valence-corrected chi connectivity index (χ1v) is 8.30. The van der Waals surface area contributed by atoms with Crippen LogP contribution in [0.25, 0.3) is 0 Å². The summed E-state index contributed by atoms with van der Waals surface area (Å²) in [7, 11) is 0. The molecule has 25 heavy (non-hydrogen) atoms. The van der Waals surface area contributed by atoms with Crippen LogP contribution in [-0.2, 0) is 11.2 Å². The second-order valence-electron chi connectivity index (χ2n) is 5.77. The second kappa shape index (κ2) is 7.81. The Balaban J connectivity index is 1.57. The second-order valence-corrected chi connectivity index (χ2v) is 6.21. The number of benzene rings is 2. The third-order valence-electron chi connectivity index (χ3n) is 3.65. The van der Waals surface area contributed by atoms with Gasteiger partial charge < -0.3 is 10.6 Å². The van der Waals surface area contributed by atoms with Crippen LogP contribution in [0.5, 0.6) is 0 Å². The predicted molar refractivity (Wildman–Crippen MR) is 102 cm³/mol. The Kier molecular flexibility index (Phi) is 5.31. The molecule has 2 aromatic carbocycles. The van der Waals surface area contributed by atoms with Crippen LogP contribution in [0.1, 0.15) is 11.1 Å². The molecule has 0 aliphatic rings. The van der Waals surface area contributed by atoms with E-state index in [1.165, 1.54) is 5.56 Å². The molecule has 3 aromatic rings. The number of hydrogen-bond donors (Lipinski definition) is 2. The van der Waals surface area contributed by atoms with Crippen molar-refractivity contribution in [3.05, 3.63) is 83.0 Å². The standard InChI is InChI=1S/C20H18ClN3O/c1-14-2-4-15(5-3-14)12-20(25)24-18-10-11-19(22-13-18)23-17-8-6-16(21)7-9-17/h2-11,13H,12H2,1H3,(H,22,23)(H,24,25). The lowest BCUT2D eigenvalue weighted by molar-refractivity contribution is -0.115. The van der Waals surface area contributed by atoms with Gasteiger partial charge in [-0.1, -0.05) is 41.4 Å². The fourth-order valence-electron chi connectivity index (χ4n) is 2.32. The third-order valence-corrected chi connectivity index (χ3v) is 3.90. The van der Waals surface area contributed by atoms with E-state index in [0.717, 1.165) is 11.3 Å². The molecule has 0 atom stereocenters. The number of nitrogens with one attached hydrogen (secondary N) is 2. The van der Waals surface area contributed by atoms with Crippen molar-refractivity contribution in [2.45, 2.75) is 13.3 Å². The molecule has 5 heteroatoms. The van der Waals surface area contributed by atoms with E-state index < -0.39 is 0 Å². The van der Waals surface area contributed by atoms with Crippen LogP contribution in [0.15, 0.2) is 66.9 Å². The normalized spacial score (nSPS) is 10.3. The average Bonchev–Trinajstić information content (AvgIpc) is 2.61. The van der Waals surface area contributed by atoms with E-state index in [0.29, 0.717) is 22.9 Å². The van der Waals surface area contributed by atoms with Gasteiger partial charge in [0.15, 0.2) is 0 Å². The lowest BCUT2D eigenvalue weighted by atomic mass is 10.1. The van der Waals surface area contributed by atoms with Gasteiger partial charge in [0.1, 0.15) is 5.82 Å². The monoisotopic (exact) mass is 351 g/mol. The van der Waals surface area contributed by atoms with E-state index in [4.69, 9.17) is 11.6 Å². The van der Waals surface area contributed by atoms with Crippen molar-refractivity contribution in [3.63, 3.8) is 0 Å². The van der Waals surface area contributed by atoms with Crippen molar-refractivity contribution < 1.29 is 4.79 Å². The lowest BCUT2D eigenvalue weighted by Crippen LogP contribution is -2.14. The van der Waals surface area contributed by atoms with Gasteiger partial charge in [-0.15, -0.1) is 0 Å². The average molecular weight is 352 g/mol. The molecule has 0 unspecified atom stereocenters. The number of halogens is 1. The molecule has 4 nitrogen and oxygen atoms in total. The van der Waals surface area contributed by atoms with Crippen LogP contribution in [0.4, 0.5) is 17.2 Å². The molecule has 126 valence electrons. The summed E-state index contributed by atoms with van der Waals surface area (Å²) in [6.07, 6.45) is 1.97. The van der Waals surface area contributed by atoms with Crippen LogP contribution in [0.3, 0.4) is 0 Å². The highest BCUT2D eigenvalue weighted by molar-refractivity contribution is 6.30. The molecule has 2 N–H and O–H groups in total. The summed E-state index contributed by atoms with van der Waals surface area (Å²) in [4.78, 5) is 16.4. The van der Waals surface area contributed by atoms with Gasteiger partial charge in [-0.2, -0.15) is 0 Å². The Morgan fingerprint density at radius 3 is 2.28 bits per heavy atom. The van der Waals surface area contributed by atoms with E-state index in [1.54, 1.807) is 6.20 Å². The Morgan fingerprint density at radius 2 is 1.64 bits per heavy atom. The van der Waals surface area contributed by atoms with Gasteiger partial charge in [0.25, 0.3) is 0 Å². The molecule has 0 bridgehead atoms. The van der Waals surface area contributed by atoms with E-state index in [2.05, 4.69) is 15.6 Å². The number of aryl methyl sites for hydroxylation is 1. The number of nitrogens with zero attached hydrogens (tertiary/aromatic N) is 1. The summed E-state index contributed by atoms with van der Waals surface area (Å²) < 4.78 is 0. The summed E-state index contributed by atoms with van der Waals surface area (Å²) in [5.41, 5.74) is 3.72. The highest BCUT2D eigenvalue weighted by atomic mass is 35.5. The highest BCUT2D eigenvalue weighted by Crippen LogP contribution is 2.18. The summed E-state index contributed by atoms with van der Waals surface area (Å²) in [6, 6.07) is 18.9. The molecule has 0 spiro atoms. The maximum atomic E-state index is 12.1. The van der Waals surface area contributed by atoms with Gasteiger partial charge in [0.2, 0.25) is 5.91 Å². The molecule has 0 fully saturated rings. The number of hydrogen-bond acceptors (Lipinski definition) is 3. The first kappa shape index (κ1) is 17.0. The predicted octanol–water partition coefficient (Wildman–Crippen LogP) is 4.97. The third kappa shape index (κ3) is 5.06. The molecule has 3 rings (SSSR count). The summed E-state index contributed by atoms with van der Waals surface area (Å²) >= 11 is 5.87. The minimum absolute atomic E-state index is 0.0657. The van der Waals surface area contributed by atoms with Crippen LogP contribution in [-0.4, -0.2) is 10.9 Å². The molecule has 0 aliphatic heterocycles. The van der Waals surface area contributed by atoms with Gasteiger partial charge in [-0.25, -0.2) is 4.98 Å². The molecular formula is C20H18ClN3O. The fraction of sp³-hybridized carbons (Fsp3) is 0.100. The zero-order valence-electron chi connectivity index (χ0n) is 13.8. The molecular weight excluding hydrogens is 334 g/mol. The number of pyridine rings is 1. The van der Waals surface area contributed by atoms with E-state index >= 15 is 0 Å². The van der Waals surface area contributed by atoms with Gasteiger partial charge >= 0.3 is 0 Å². The summed E-state index contributed by atoms with van der Waals surface area (Å²) in [6.45, 7) is 2.02. The maximum Gasteiger partial charge on any atom is 0.228 e. The van der Waals surface area contributed by atoms with Crippen molar-refractivity contribution in [1.29, 1.82) is 0 Å².